The Balaban J connectivity index is 2.05. The number of aromatic carboxylic acids is 1. The summed E-state index contributed by atoms with van der Waals surface area (Å²) in [5, 5.41) is 14.0. The molecule has 0 spiro atoms. The van der Waals surface area contributed by atoms with Gasteiger partial charge in [0.1, 0.15) is 5.75 Å². The molecule has 120 valence electrons. The Bertz CT molecular complexity index is 745. The van der Waals surface area contributed by atoms with E-state index >= 15 is 0 Å². The average Bonchev–Trinajstić information content (AvgIpc) is 2.50. The van der Waals surface area contributed by atoms with Gasteiger partial charge in [-0.05, 0) is 55.3 Å². The molecular formula is C17H15ClNO4-. The van der Waals surface area contributed by atoms with Gasteiger partial charge in [-0.25, -0.2) is 0 Å². The first-order chi connectivity index (χ1) is 10.9. The number of anilines is 1. The molecular weight excluding hydrogens is 318 g/mol. The molecule has 1 amide bonds. The third kappa shape index (κ3) is 4.47. The Morgan fingerprint density at radius 3 is 2.61 bits per heavy atom. The topological polar surface area (TPSA) is 78.5 Å². The number of benzene rings is 2. The van der Waals surface area contributed by atoms with E-state index in [0.717, 1.165) is 5.56 Å². The highest BCUT2D eigenvalue weighted by Crippen LogP contribution is 2.23. The van der Waals surface area contributed by atoms with Crippen molar-refractivity contribution >= 4 is 29.2 Å². The average molecular weight is 333 g/mol. The lowest BCUT2D eigenvalue weighted by molar-refractivity contribution is -0.255. The zero-order valence-electron chi connectivity index (χ0n) is 12.6. The number of hydrogen-bond donors (Lipinski definition) is 1. The van der Waals surface area contributed by atoms with Crippen molar-refractivity contribution in [1.29, 1.82) is 0 Å². The number of amides is 1. The van der Waals surface area contributed by atoms with Crippen molar-refractivity contribution in [2.75, 3.05) is 5.32 Å². The van der Waals surface area contributed by atoms with Crippen molar-refractivity contribution in [3.05, 3.63) is 58.6 Å². The molecule has 5 nitrogen and oxygen atoms in total. The fourth-order valence-corrected chi connectivity index (χ4v) is 2.18. The van der Waals surface area contributed by atoms with Crippen LogP contribution in [-0.4, -0.2) is 18.0 Å². The van der Waals surface area contributed by atoms with Crippen molar-refractivity contribution in [3.8, 4) is 5.75 Å². The van der Waals surface area contributed by atoms with Gasteiger partial charge in [0.15, 0.2) is 6.10 Å². The van der Waals surface area contributed by atoms with Crippen LogP contribution < -0.4 is 15.2 Å². The number of halogens is 1. The molecule has 0 bridgehead atoms. The fourth-order valence-electron chi connectivity index (χ4n) is 1.96. The highest BCUT2D eigenvalue weighted by molar-refractivity contribution is 6.30. The fraction of sp³-hybridized carbons (Fsp3) is 0.176. The molecule has 6 heteroatoms. The molecule has 0 unspecified atom stereocenters. The van der Waals surface area contributed by atoms with Gasteiger partial charge in [0, 0.05) is 10.7 Å². The van der Waals surface area contributed by atoms with Gasteiger partial charge in [-0.3, -0.25) is 4.79 Å². The molecule has 0 aromatic heterocycles. The maximum atomic E-state index is 12.2. The number of carbonyl (C=O) groups excluding carboxylic acids is 2. The predicted octanol–water partition coefficient (Wildman–Crippen LogP) is 2.42. The summed E-state index contributed by atoms with van der Waals surface area (Å²) in [6.07, 6.45) is -0.763. The van der Waals surface area contributed by atoms with Crippen molar-refractivity contribution in [2.24, 2.45) is 0 Å². The lowest BCUT2D eigenvalue weighted by Gasteiger charge is -2.16. The largest absolute Gasteiger partial charge is 0.545 e. The van der Waals surface area contributed by atoms with Crippen molar-refractivity contribution in [2.45, 2.75) is 20.0 Å². The second-order valence-electron chi connectivity index (χ2n) is 5.03. The molecule has 0 saturated heterocycles. The Morgan fingerprint density at radius 2 is 1.96 bits per heavy atom. The smallest absolute Gasteiger partial charge is 0.265 e. The van der Waals surface area contributed by atoms with Crippen LogP contribution in [0.4, 0.5) is 5.69 Å². The third-order valence-corrected chi connectivity index (χ3v) is 3.41. The number of rotatable bonds is 5. The molecule has 2 aromatic carbocycles. The van der Waals surface area contributed by atoms with Gasteiger partial charge in [0.05, 0.1) is 5.97 Å². The number of aryl methyl sites for hydroxylation is 1. The van der Waals surface area contributed by atoms with E-state index in [0.29, 0.717) is 16.5 Å². The number of hydrogen-bond acceptors (Lipinski definition) is 4. The number of carboxylic acid groups (broad SMARTS) is 1. The number of carbonyl (C=O) groups is 2. The van der Waals surface area contributed by atoms with Crippen molar-refractivity contribution < 1.29 is 19.4 Å². The van der Waals surface area contributed by atoms with Gasteiger partial charge in [0.2, 0.25) is 0 Å². The van der Waals surface area contributed by atoms with E-state index in [-0.39, 0.29) is 5.56 Å². The van der Waals surface area contributed by atoms with Gasteiger partial charge in [-0.2, -0.15) is 0 Å². The molecule has 2 rings (SSSR count). The normalized spacial score (nSPS) is 11.6. The SMILES string of the molecule is Cc1cc(Cl)ccc1O[C@H](C)C(=O)Nc1cccc(C(=O)[O-])c1. The Morgan fingerprint density at radius 1 is 1.22 bits per heavy atom. The highest BCUT2D eigenvalue weighted by Gasteiger charge is 2.16. The summed E-state index contributed by atoms with van der Waals surface area (Å²) in [7, 11) is 0. The summed E-state index contributed by atoms with van der Waals surface area (Å²) in [5.74, 6) is -1.14. The summed E-state index contributed by atoms with van der Waals surface area (Å²) in [4.78, 5) is 23.0. The molecule has 1 N–H and O–H groups in total. The summed E-state index contributed by atoms with van der Waals surface area (Å²) in [5.41, 5.74) is 1.17. The second-order valence-corrected chi connectivity index (χ2v) is 5.46. The van der Waals surface area contributed by atoms with Crippen LogP contribution in [0.25, 0.3) is 0 Å². The quantitative estimate of drug-likeness (QED) is 0.912. The van der Waals surface area contributed by atoms with E-state index in [4.69, 9.17) is 16.3 Å². The maximum Gasteiger partial charge on any atom is 0.265 e. The summed E-state index contributed by atoms with van der Waals surface area (Å²) >= 11 is 5.88. The zero-order chi connectivity index (χ0) is 17.0. The van der Waals surface area contributed by atoms with Crippen molar-refractivity contribution in [1.82, 2.24) is 0 Å². The Kier molecular flexibility index (Phi) is 5.24. The number of nitrogens with one attached hydrogen (secondary N) is 1. The van der Waals surface area contributed by atoms with Gasteiger partial charge in [-0.15, -0.1) is 0 Å². The van der Waals surface area contributed by atoms with E-state index in [1.807, 2.05) is 6.92 Å². The molecule has 0 radical (unpaired) electrons. The molecule has 23 heavy (non-hydrogen) atoms. The minimum absolute atomic E-state index is 0.00934. The lowest BCUT2D eigenvalue weighted by atomic mass is 10.2. The zero-order valence-corrected chi connectivity index (χ0v) is 13.4. The Hall–Kier alpha value is -2.53. The van der Waals surface area contributed by atoms with Crippen LogP contribution in [0.1, 0.15) is 22.8 Å². The van der Waals surface area contributed by atoms with Gasteiger partial charge in [-0.1, -0.05) is 23.7 Å². The van der Waals surface area contributed by atoms with E-state index in [1.54, 1.807) is 31.2 Å². The molecule has 2 aromatic rings. The molecule has 0 saturated carbocycles. The highest BCUT2D eigenvalue weighted by atomic mass is 35.5. The molecule has 0 aliphatic heterocycles. The summed E-state index contributed by atoms with van der Waals surface area (Å²) < 4.78 is 5.61. The molecule has 0 heterocycles. The number of carboxylic acids is 1. The van der Waals surface area contributed by atoms with Crippen LogP contribution >= 0.6 is 11.6 Å². The first kappa shape index (κ1) is 16.8. The summed E-state index contributed by atoms with van der Waals surface area (Å²) in [6.45, 7) is 3.43. The van der Waals surface area contributed by atoms with Gasteiger partial charge >= 0.3 is 0 Å². The van der Waals surface area contributed by atoms with Crippen LogP contribution in [0, 0.1) is 6.92 Å². The van der Waals surface area contributed by atoms with Crippen LogP contribution in [0.3, 0.4) is 0 Å². The Labute approximate surface area is 138 Å². The van der Waals surface area contributed by atoms with Gasteiger partial charge in [0.25, 0.3) is 5.91 Å². The van der Waals surface area contributed by atoms with Crippen LogP contribution in [0.5, 0.6) is 5.75 Å². The van der Waals surface area contributed by atoms with E-state index in [2.05, 4.69) is 5.32 Å². The minimum atomic E-state index is -1.30. The maximum absolute atomic E-state index is 12.2. The molecule has 0 aliphatic carbocycles. The third-order valence-electron chi connectivity index (χ3n) is 3.18. The van der Waals surface area contributed by atoms with Gasteiger partial charge < -0.3 is 20.0 Å². The van der Waals surface area contributed by atoms with Crippen LogP contribution in [0.15, 0.2) is 42.5 Å². The second kappa shape index (κ2) is 7.15. The molecule has 0 aliphatic rings. The van der Waals surface area contributed by atoms with Crippen LogP contribution in [0.2, 0.25) is 5.02 Å². The standard InChI is InChI=1S/C17H16ClNO4/c1-10-8-13(18)6-7-15(10)23-11(2)16(20)19-14-5-3-4-12(9-14)17(21)22/h3-9,11H,1-2H3,(H,19,20)(H,21,22)/p-1/t11-/m1/s1. The monoisotopic (exact) mass is 332 g/mol. The van der Waals surface area contributed by atoms with Crippen molar-refractivity contribution in [3.63, 3.8) is 0 Å². The molecule has 1 atom stereocenters. The first-order valence-corrected chi connectivity index (χ1v) is 7.29. The predicted molar refractivity (Wildman–Crippen MR) is 85.7 cm³/mol. The molecule has 0 fully saturated rings. The minimum Gasteiger partial charge on any atom is -0.545 e. The summed E-state index contributed by atoms with van der Waals surface area (Å²) in [6, 6.07) is 10.9. The lowest BCUT2D eigenvalue weighted by Crippen LogP contribution is -2.30. The van der Waals surface area contributed by atoms with E-state index < -0.39 is 18.0 Å². The number of ether oxygens (including phenoxy) is 1. The first-order valence-electron chi connectivity index (χ1n) is 6.92. The van der Waals surface area contributed by atoms with Crippen LogP contribution in [-0.2, 0) is 4.79 Å². The van der Waals surface area contributed by atoms with E-state index in [1.165, 1.54) is 18.2 Å². The van der Waals surface area contributed by atoms with E-state index in [9.17, 15) is 14.7 Å².